The van der Waals surface area contributed by atoms with Gasteiger partial charge in [0, 0.05) is 0 Å². The Morgan fingerprint density at radius 1 is 1.17 bits per heavy atom. The molecule has 6 nitrogen and oxygen atoms in total. The van der Waals surface area contributed by atoms with Crippen LogP contribution in [0.4, 0.5) is 0 Å². The molecule has 1 aliphatic rings. The van der Waals surface area contributed by atoms with Crippen LogP contribution in [-0.2, 0) is 16.1 Å². The summed E-state index contributed by atoms with van der Waals surface area (Å²) in [6.45, 7) is 2.45. The lowest BCUT2D eigenvalue weighted by Gasteiger charge is -2.14. The van der Waals surface area contributed by atoms with Gasteiger partial charge in [0.1, 0.15) is 6.61 Å². The van der Waals surface area contributed by atoms with Gasteiger partial charge in [-0.05, 0) is 69.9 Å². The number of aliphatic imine (C=N–C) groups is 1. The maximum atomic E-state index is 12.2. The van der Waals surface area contributed by atoms with Crippen LogP contribution in [0.3, 0.4) is 0 Å². The lowest BCUT2D eigenvalue weighted by molar-refractivity contribution is -0.130. The molecule has 2 aromatic carbocycles. The number of hydrogen-bond donors (Lipinski definition) is 0. The molecule has 0 saturated carbocycles. The van der Waals surface area contributed by atoms with Crippen LogP contribution in [0.1, 0.15) is 22.5 Å². The van der Waals surface area contributed by atoms with Gasteiger partial charge in [-0.3, -0.25) is 0 Å². The molecule has 1 aromatic heterocycles. The molecule has 0 amide bonds. The number of furan rings is 1. The van der Waals surface area contributed by atoms with Gasteiger partial charge in [-0.15, -0.1) is 0 Å². The molecule has 0 aliphatic carbocycles. The highest BCUT2D eigenvalue weighted by Gasteiger charge is 2.26. The number of hydrogen-bond acceptors (Lipinski definition) is 6. The molecule has 3 aromatic rings. The van der Waals surface area contributed by atoms with Crippen molar-refractivity contribution in [1.29, 1.82) is 0 Å². The number of carbonyl (C=O) groups excluding carboxylic acids is 1. The normalized spacial score (nSPS) is 14.6. The summed E-state index contributed by atoms with van der Waals surface area (Å²) < 4.78 is 22.6. The molecule has 0 saturated heterocycles. The lowest BCUT2D eigenvalue weighted by Crippen LogP contribution is -2.04. The third-order valence-electron chi connectivity index (χ3n) is 4.54. The van der Waals surface area contributed by atoms with Crippen molar-refractivity contribution in [3.8, 4) is 11.5 Å². The Labute approximate surface area is 181 Å². The van der Waals surface area contributed by atoms with Crippen molar-refractivity contribution in [2.24, 2.45) is 4.99 Å². The molecule has 0 unspecified atom stereocenters. The van der Waals surface area contributed by atoms with Gasteiger partial charge < -0.3 is 18.6 Å². The molecule has 0 radical (unpaired) electrons. The van der Waals surface area contributed by atoms with Crippen molar-refractivity contribution >= 4 is 33.9 Å². The van der Waals surface area contributed by atoms with E-state index in [-0.39, 0.29) is 11.6 Å². The SMILES string of the molecule is COc1cc(/C=C2\N=C(c3ccco3)OC2=O)cc(Br)c1OCc1ccccc1C. The third-order valence-corrected chi connectivity index (χ3v) is 5.13. The van der Waals surface area contributed by atoms with E-state index in [2.05, 4.69) is 20.9 Å². The topological polar surface area (TPSA) is 70.3 Å². The van der Waals surface area contributed by atoms with E-state index < -0.39 is 5.97 Å². The first-order valence-corrected chi connectivity index (χ1v) is 9.95. The van der Waals surface area contributed by atoms with E-state index in [4.69, 9.17) is 18.6 Å². The van der Waals surface area contributed by atoms with E-state index in [9.17, 15) is 4.79 Å². The monoisotopic (exact) mass is 467 g/mol. The first-order chi connectivity index (χ1) is 14.5. The second-order valence-electron chi connectivity index (χ2n) is 6.56. The second kappa shape index (κ2) is 8.59. The van der Waals surface area contributed by atoms with E-state index in [0.717, 1.165) is 11.1 Å². The number of halogens is 1. The van der Waals surface area contributed by atoms with E-state index >= 15 is 0 Å². The van der Waals surface area contributed by atoms with Crippen LogP contribution in [0.15, 0.2) is 74.4 Å². The van der Waals surface area contributed by atoms with Crippen LogP contribution < -0.4 is 9.47 Å². The fourth-order valence-corrected chi connectivity index (χ4v) is 3.53. The van der Waals surface area contributed by atoms with Gasteiger partial charge in [0.05, 0.1) is 17.8 Å². The zero-order chi connectivity index (χ0) is 21.1. The van der Waals surface area contributed by atoms with Gasteiger partial charge in [0.25, 0.3) is 5.90 Å². The lowest BCUT2D eigenvalue weighted by atomic mass is 10.1. The van der Waals surface area contributed by atoms with Crippen molar-refractivity contribution in [3.63, 3.8) is 0 Å². The fourth-order valence-electron chi connectivity index (χ4n) is 2.96. The van der Waals surface area contributed by atoms with Crippen LogP contribution in [0.5, 0.6) is 11.5 Å². The summed E-state index contributed by atoms with van der Waals surface area (Å²) in [6.07, 6.45) is 3.11. The van der Waals surface area contributed by atoms with Gasteiger partial charge >= 0.3 is 5.97 Å². The second-order valence-corrected chi connectivity index (χ2v) is 7.42. The van der Waals surface area contributed by atoms with Crippen LogP contribution >= 0.6 is 15.9 Å². The van der Waals surface area contributed by atoms with Crippen LogP contribution in [-0.4, -0.2) is 19.0 Å². The summed E-state index contributed by atoms with van der Waals surface area (Å²) in [5.41, 5.74) is 3.12. The minimum atomic E-state index is -0.545. The molecule has 7 heteroatoms. The fraction of sp³-hybridized carbons (Fsp3) is 0.130. The highest BCUT2D eigenvalue weighted by atomic mass is 79.9. The predicted octanol–water partition coefficient (Wildman–Crippen LogP) is 5.28. The van der Waals surface area contributed by atoms with Gasteiger partial charge in [-0.1, -0.05) is 24.3 Å². The maximum Gasteiger partial charge on any atom is 0.363 e. The largest absolute Gasteiger partial charge is 0.493 e. The zero-order valence-electron chi connectivity index (χ0n) is 16.3. The smallest absolute Gasteiger partial charge is 0.363 e. The summed E-state index contributed by atoms with van der Waals surface area (Å²) in [4.78, 5) is 16.4. The number of esters is 1. The van der Waals surface area contributed by atoms with Crippen LogP contribution in [0, 0.1) is 6.92 Å². The Morgan fingerprint density at radius 2 is 2.00 bits per heavy atom. The number of ether oxygens (including phenoxy) is 3. The molecular formula is C23H18BrNO5. The van der Waals surface area contributed by atoms with Gasteiger partial charge in [-0.2, -0.15) is 0 Å². The average Bonchev–Trinajstić information content (AvgIpc) is 3.38. The quantitative estimate of drug-likeness (QED) is 0.364. The molecule has 0 N–H and O–H groups in total. The summed E-state index contributed by atoms with van der Waals surface area (Å²) >= 11 is 3.54. The third kappa shape index (κ3) is 4.16. The van der Waals surface area contributed by atoms with Crippen LogP contribution in [0.25, 0.3) is 6.08 Å². The number of nitrogens with zero attached hydrogens (tertiary/aromatic N) is 1. The first kappa shape index (κ1) is 20.0. The molecule has 0 spiro atoms. The summed E-state index contributed by atoms with van der Waals surface area (Å²) in [5, 5.41) is 0. The highest BCUT2D eigenvalue weighted by Crippen LogP contribution is 2.38. The number of benzene rings is 2. The Morgan fingerprint density at radius 3 is 2.73 bits per heavy atom. The van der Waals surface area contributed by atoms with E-state index in [1.165, 1.54) is 6.26 Å². The molecule has 4 rings (SSSR count). The molecule has 2 heterocycles. The van der Waals surface area contributed by atoms with Gasteiger partial charge in [-0.25, -0.2) is 9.79 Å². The number of aryl methyl sites for hydroxylation is 1. The van der Waals surface area contributed by atoms with Crippen molar-refractivity contribution in [2.45, 2.75) is 13.5 Å². The van der Waals surface area contributed by atoms with Crippen molar-refractivity contribution in [1.82, 2.24) is 0 Å². The van der Waals surface area contributed by atoms with Crippen LogP contribution in [0.2, 0.25) is 0 Å². The minimum absolute atomic E-state index is 0.139. The van der Waals surface area contributed by atoms with Crippen molar-refractivity contribution in [2.75, 3.05) is 7.11 Å². The summed E-state index contributed by atoms with van der Waals surface area (Å²) in [6, 6.07) is 15.0. The molecule has 1 aliphatic heterocycles. The molecule has 30 heavy (non-hydrogen) atoms. The highest BCUT2D eigenvalue weighted by molar-refractivity contribution is 9.10. The van der Waals surface area contributed by atoms with Crippen molar-refractivity contribution in [3.05, 3.63) is 87.4 Å². The van der Waals surface area contributed by atoms with E-state index in [0.29, 0.717) is 33.9 Å². The Hall–Kier alpha value is -3.32. The number of cyclic esters (lactones) is 1. The number of rotatable bonds is 6. The standard InChI is InChI=1S/C23H18BrNO5/c1-14-6-3-4-7-16(14)13-29-21-17(24)10-15(12-20(21)27-2)11-18-23(26)30-22(25-18)19-8-5-9-28-19/h3-12H,13H2,1-2H3/b18-11-. The van der Waals surface area contributed by atoms with E-state index in [1.54, 1.807) is 31.4 Å². The average molecular weight is 468 g/mol. The summed E-state index contributed by atoms with van der Waals surface area (Å²) in [7, 11) is 1.57. The minimum Gasteiger partial charge on any atom is -0.493 e. The maximum absolute atomic E-state index is 12.2. The van der Waals surface area contributed by atoms with Gasteiger partial charge in [0.15, 0.2) is 23.0 Å². The van der Waals surface area contributed by atoms with Crippen molar-refractivity contribution < 1.29 is 23.4 Å². The Kier molecular flexibility index (Phi) is 5.72. The predicted molar refractivity (Wildman–Crippen MR) is 116 cm³/mol. The zero-order valence-corrected chi connectivity index (χ0v) is 17.9. The Balaban J connectivity index is 1.60. The molecule has 0 atom stereocenters. The number of carbonyl (C=O) groups is 1. The number of methoxy groups -OCH3 is 1. The molecule has 0 fully saturated rings. The Bertz CT molecular complexity index is 1150. The summed E-state index contributed by atoms with van der Waals surface area (Å²) in [5.74, 6) is 1.10. The molecule has 0 bridgehead atoms. The molecular weight excluding hydrogens is 450 g/mol. The molecule has 152 valence electrons. The van der Waals surface area contributed by atoms with E-state index in [1.807, 2.05) is 37.3 Å². The first-order valence-electron chi connectivity index (χ1n) is 9.16. The van der Waals surface area contributed by atoms with Gasteiger partial charge in [0.2, 0.25) is 0 Å².